The van der Waals surface area contributed by atoms with E-state index in [1.165, 1.54) is 42.4 Å². The van der Waals surface area contributed by atoms with Gasteiger partial charge in [0, 0.05) is 36.6 Å². The van der Waals surface area contributed by atoms with Crippen LogP contribution >= 0.6 is 11.3 Å². The summed E-state index contributed by atoms with van der Waals surface area (Å²) in [6.45, 7) is 4.48. The van der Waals surface area contributed by atoms with Crippen molar-refractivity contribution in [3.63, 3.8) is 0 Å². The summed E-state index contributed by atoms with van der Waals surface area (Å²) in [5, 5.41) is 15.3. The van der Waals surface area contributed by atoms with Crippen LogP contribution in [0.3, 0.4) is 0 Å². The summed E-state index contributed by atoms with van der Waals surface area (Å²) in [5.41, 5.74) is 0.788. The highest BCUT2D eigenvalue weighted by Crippen LogP contribution is 2.42. The number of aromatic nitrogens is 3. The first-order chi connectivity index (χ1) is 20.5. The van der Waals surface area contributed by atoms with Gasteiger partial charge in [-0.05, 0) is 69.1 Å². The number of hydrogen-bond acceptors (Lipinski definition) is 10. The van der Waals surface area contributed by atoms with E-state index in [9.17, 15) is 9.50 Å². The van der Waals surface area contributed by atoms with Gasteiger partial charge < -0.3 is 24.8 Å². The normalized spacial score (nSPS) is 23.0. The van der Waals surface area contributed by atoms with E-state index in [-0.39, 0.29) is 22.6 Å². The molecule has 4 aromatic rings. The van der Waals surface area contributed by atoms with Crippen LogP contribution in [-0.2, 0) is 0 Å². The molecule has 0 spiro atoms. The molecule has 0 radical (unpaired) electrons. The van der Waals surface area contributed by atoms with Crippen molar-refractivity contribution in [3.8, 4) is 35.0 Å². The summed E-state index contributed by atoms with van der Waals surface area (Å²) < 4.78 is 27.2. The highest BCUT2D eigenvalue weighted by atomic mass is 32.1. The number of nitrogens with one attached hydrogen (secondary N) is 1. The Morgan fingerprint density at radius 3 is 2.67 bits per heavy atom. The minimum absolute atomic E-state index is 0.0205. The van der Waals surface area contributed by atoms with E-state index in [0.29, 0.717) is 51.0 Å². The van der Waals surface area contributed by atoms with Crippen molar-refractivity contribution in [3.05, 3.63) is 35.6 Å². The number of phenols is 1. The van der Waals surface area contributed by atoms with Crippen LogP contribution in [0.5, 0.6) is 22.7 Å². The fourth-order valence-corrected chi connectivity index (χ4v) is 8.22. The van der Waals surface area contributed by atoms with Crippen LogP contribution in [0.25, 0.3) is 21.1 Å². The first-order valence-corrected chi connectivity index (χ1v) is 15.5. The number of ether oxygens (including phenoxy) is 2. The number of benzene rings is 2. The number of rotatable bonds is 6. The molecule has 4 saturated heterocycles. The lowest BCUT2D eigenvalue weighted by atomic mass is 9.95. The number of phenolic OH excluding ortho intramolecular Hbond substituents is 1. The molecule has 0 amide bonds. The zero-order valence-electron chi connectivity index (χ0n) is 23.1. The molecule has 4 aliphatic heterocycles. The molecule has 42 heavy (non-hydrogen) atoms. The molecule has 2 atom stereocenters. The smallest absolute Gasteiger partial charge is 0.319 e. The lowest BCUT2D eigenvalue weighted by Crippen LogP contribution is -2.51. The van der Waals surface area contributed by atoms with E-state index < -0.39 is 5.82 Å². The number of anilines is 1. The van der Waals surface area contributed by atoms with Gasteiger partial charge in [-0.3, -0.25) is 4.90 Å². The molecule has 2 aromatic heterocycles. The number of hydrogen-bond donors (Lipinski definition) is 2. The number of terminal acetylenes is 1. The fraction of sp³-hybridized carbons (Fsp3) is 0.452. The van der Waals surface area contributed by atoms with Crippen LogP contribution in [0, 0.1) is 18.2 Å². The zero-order chi connectivity index (χ0) is 28.4. The molecule has 4 aliphatic rings. The summed E-state index contributed by atoms with van der Waals surface area (Å²) in [5.74, 6) is 2.84. The Morgan fingerprint density at radius 1 is 1.12 bits per heavy atom. The molecule has 11 heteroatoms. The van der Waals surface area contributed by atoms with E-state index in [2.05, 4.69) is 21.0 Å². The summed E-state index contributed by atoms with van der Waals surface area (Å²) >= 11 is 1.27. The molecule has 216 valence electrons. The standard InChI is InChI=1S/C31H31FN6O3S/c1-2-22-23(32)8-5-18-13-21(39)14-24(25(18)22)41-30-34-26-27(37-15-19-6-7-20(16-37)33-19)35-29(36-28(26)42-30)40-17-31-9-3-11-38(31)12-4-10-31/h1,5,8,13-14,19-20,33,39H,3-4,6-7,9-12,15-17H2/t19-,20+. The predicted octanol–water partition coefficient (Wildman–Crippen LogP) is 4.81. The number of thiazole rings is 1. The van der Waals surface area contributed by atoms with E-state index in [1.54, 1.807) is 6.07 Å². The summed E-state index contributed by atoms with van der Waals surface area (Å²) in [4.78, 5) is 20.0. The molecule has 0 saturated carbocycles. The maximum absolute atomic E-state index is 14.6. The molecule has 8 rings (SSSR count). The van der Waals surface area contributed by atoms with Crippen LogP contribution in [0.1, 0.15) is 44.1 Å². The molecule has 2 bridgehead atoms. The largest absolute Gasteiger partial charge is 0.508 e. The highest BCUT2D eigenvalue weighted by molar-refractivity contribution is 7.19. The number of piperazine rings is 1. The van der Waals surface area contributed by atoms with Crippen LogP contribution in [0.4, 0.5) is 10.2 Å². The highest BCUT2D eigenvalue weighted by Gasteiger charge is 2.45. The van der Waals surface area contributed by atoms with Gasteiger partial charge in [0.25, 0.3) is 5.19 Å². The molecule has 0 unspecified atom stereocenters. The van der Waals surface area contributed by atoms with Crippen molar-refractivity contribution in [2.45, 2.75) is 56.1 Å². The third kappa shape index (κ3) is 4.32. The SMILES string of the molecule is C#Cc1c(F)ccc2cc(O)cc(Oc3nc4c(N5C[C@H]6CC[C@@H](C5)N6)nc(OCC56CCCN5CCC6)nc4s3)c12. The van der Waals surface area contributed by atoms with Gasteiger partial charge in [-0.1, -0.05) is 23.3 Å². The molecular formula is C31H31FN6O3S. The maximum Gasteiger partial charge on any atom is 0.319 e. The Kier molecular flexibility index (Phi) is 6.14. The summed E-state index contributed by atoms with van der Waals surface area (Å²) in [6.07, 6.45) is 12.6. The average molecular weight is 587 g/mol. The van der Waals surface area contributed by atoms with Crippen LogP contribution in [0.15, 0.2) is 24.3 Å². The number of aromatic hydroxyl groups is 1. The van der Waals surface area contributed by atoms with E-state index in [4.69, 9.17) is 30.8 Å². The predicted molar refractivity (Wildman–Crippen MR) is 159 cm³/mol. The van der Waals surface area contributed by atoms with Gasteiger partial charge in [0.05, 0.1) is 11.1 Å². The minimum Gasteiger partial charge on any atom is -0.508 e. The molecular weight excluding hydrogens is 555 g/mol. The molecule has 6 heterocycles. The lowest BCUT2D eigenvalue weighted by molar-refractivity contribution is 0.108. The number of halogens is 1. The lowest BCUT2D eigenvalue weighted by Gasteiger charge is -2.34. The first-order valence-electron chi connectivity index (χ1n) is 14.7. The molecule has 0 aliphatic carbocycles. The van der Waals surface area contributed by atoms with E-state index in [1.807, 2.05) is 0 Å². The molecule has 2 N–H and O–H groups in total. The Labute approximate surface area is 246 Å². The zero-order valence-corrected chi connectivity index (χ0v) is 23.9. The third-order valence-electron chi connectivity index (χ3n) is 9.35. The van der Waals surface area contributed by atoms with Crippen molar-refractivity contribution in [2.24, 2.45) is 0 Å². The number of fused-ring (bicyclic) bond motifs is 5. The quantitative estimate of drug-likeness (QED) is 0.309. The Morgan fingerprint density at radius 2 is 1.90 bits per heavy atom. The van der Waals surface area contributed by atoms with Gasteiger partial charge in [0.15, 0.2) is 10.6 Å². The first kappa shape index (κ1) is 25.9. The van der Waals surface area contributed by atoms with Crippen molar-refractivity contribution in [2.75, 3.05) is 37.7 Å². The van der Waals surface area contributed by atoms with Crippen molar-refractivity contribution in [1.82, 2.24) is 25.2 Å². The van der Waals surface area contributed by atoms with Crippen LogP contribution in [-0.4, -0.2) is 75.4 Å². The van der Waals surface area contributed by atoms with Gasteiger partial charge >= 0.3 is 6.01 Å². The van der Waals surface area contributed by atoms with E-state index in [0.717, 1.165) is 57.7 Å². The van der Waals surface area contributed by atoms with Crippen LogP contribution in [0.2, 0.25) is 0 Å². The third-order valence-corrected chi connectivity index (χ3v) is 10.2. The summed E-state index contributed by atoms with van der Waals surface area (Å²) in [6, 6.07) is 6.99. The topological polar surface area (TPSA) is 95.9 Å². The van der Waals surface area contributed by atoms with Crippen molar-refractivity contribution in [1.29, 1.82) is 0 Å². The second-order valence-corrected chi connectivity index (χ2v) is 12.9. The Balaban J connectivity index is 1.18. The minimum atomic E-state index is -0.532. The monoisotopic (exact) mass is 586 g/mol. The van der Waals surface area contributed by atoms with Gasteiger partial charge in [0.2, 0.25) is 0 Å². The maximum atomic E-state index is 14.6. The van der Waals surface area contributed by atoms with Crippen molar-refractivity contribution >= 4 is 38.3 Å². The second-order valence-electron chi connectivity index (χ2n) is 11.9. The average Bonchev–Trinajstić information content (AvgIpc) is 3.74. The molecule has 2 aromatic carbocycles. The van der Waals surface area contributed by atoms with E-state index >= 15 is 0 Å². The molecule has 4 fully saturated rings. The fourth-order valence-electron chi connectivity index (χ4n) is 7.43. The van der Waals surface area contributed by atoms with Gasteiger partial charge in [0.1, 0.15) is 29.4 Å². The number of nitrogens with zero attached hydrogens (tertiary/aromatic N) is 5. The van der Waals surface area contributed by atoms with Gasteiger partial charge in [-0.2, -0.15) is 15.0 Å². The second kappa shape index (κ2) is 9.93. The molecule has 9 nitrogen and oxygen atoms in total. The summed E-state index contributed by atoms with van der Waals surface area (Å²) in [7, 11) is 0. The van der Waals surface area contributed by atoms with Crippen molar-refractivity contribution < 1.29 is 19.0 Å². The van der Waals surface area contributed by atoms with Crippen LogP contribution < -0.4 is 19.7 Å². The van der Waals surface area contributed by atoms with Gasteiger partial charge in [-0.15, -0.1) is 6.42 Å². The Bertz CT molecular complexity index is 1730. The van der Waals surface area contributed by atoms with Gasteiger partial charge in [-0.25, -0.2) is 4.39 Å². The Hall–Kier alpha value is -3.72.